The molecule has 3 N–H and O–H groups in total. The van der Waals surface area contributed by atoms with Crippen molar-refractivity contribution < 1.29 is 27.9 Å². The smallest absolute Gasteiger partial charge is 0.340 e. The third-order valence-corrected chi connectivity index (χ3v) is 3.69. The second kappa shape index (κ2) is 6.55. The maximum Gasteiger partial charge on any atom is 0.340 e. The van der Waals surface area contributed by atoms with Crippen molar-refractivity contribution in [3.8, 4) is 0 Å². The number of hydrogen-bond donors (Lipinski definition) is 2. The maximum atomic E-state index is 11.8. The summed E-state index contributed by atoms with van der Waals surface area (Å²) in [6, 6.07) is 3.73. The zero-order chi connectivity index (χ0) is 16.2. The third-order valence-electron chi connectivity index (χ3n) is 2.77. The molecule has 116 valence electrons. The summed E-state index contributed by atoms with van der Waals surface area (Å²) in [5, 5.41) is 13.7. The Hall–Kier alpha value is -2.13. The molecule has 0 aliphatic carbocycles. The number of nitrogens with two attached hydrogens (primary N) is 1. The van der Waals surface area contributed by atoms with Gasteiger partial charge in [0.2, 0.25) is 10.0 Å². The number of anilines is 1. The minimum absolute atomic E-state index is 0.00286. The Morgan fingerprint density at radius 2 is 2.00 bits per heavy atom. The fourth-order valence-electron chi connectivity index (χ4n) is 1.68. The van der Waals surface area contributed by atoms with Crippen molar-refractivity contribution in [1.82, 2.24) is 0 Å². The minimum Gasteiger partial charge on any atom is -0.481 e. The lowest BCUT2D eigenvalue weighted by Gasteiger charge is -2.21. The molecule has 0 saturated carbocycles. The van der Waals surface area contributed by atoms with E-state index in [1.54, 1.807) is 7.05 Å². The number of rotatable bonds is 6. The van der Waals surface area contributed by atoms with Gasteiger partial charge in [0.1, 0.15) is 0 Å². The molecular weight excluding hydrogens is 300 g/mol. The molecule has 0 heterocycles. The van der Waals surface area contributed by atoms with Crippen LogP contribution in [0.5, 0.6) is 0 Å². The fourth-order valence-corrected chi connectivity index (χ4v) is 2.22. The summed E-state index contributed by atoms with van der Waals surface area (Å²) in [6.07, 6.45) is -0.131. The Kier molecular flexibility index (Phi) is 5.28. The number of carboxylic acid groups (broad SMARTS) is 1. The van der Waals surface area contributed by atoms with Crippen molar-refractivity contribution in [3.05, 3.63) is 23.8 Å². The maximum absolute atomic E-state index is 11.8. The molecule has 1 aromatic rings. The number of aliphatic carboxylic acids is 1. The Balaban J connectivity index is 3.25. The van der Waals surface area contributed by atoms with Gasteiger partial charge >= 0.3 is 11.9 Å². The van der Waals surface area contributed by atoms with Crippen LogP contribution in [0, 0.1) is 0 Å². The summed E-state index contributed by atoms with van der Waals surface area (Å²) in [5.41, 5.74) is 0.354. The molecule has 0 unspecified atom stereocenters. The van der Waals surface area contributed by atoms with Crippen LogP contribution in [-0.4, -0.2) is 46.2 Å². The van der Waals surface area contributed by atoms with Gasteiger partial charge < -0.3 is 14.7 Å². The average molecular weight is 316 g/mol. The second-order valence-electron chi connectivity index (χ2n) is 4.28. The molecule has 0 saturated heterocycles. The van der Waals surface area contributed by atoms with E-state index in [4.69, 9.17) is 10.2 Å². The van der Waals surface area contributed by atoms with E-state index in [2.05, 4.69) is 4.74 Å². The number of carbonyl (C=O) groups is 2. The highest BCUT2D eigenvalue weighted by Gasteiger charge is 2.19. The van der Waals surface area contributed by atoms with Gasteiger partial charge in [0.15, 0.2) is 0 Å². The molecular formula is C12H16N2O6S. The first-order valence-electron chi connectivity index (χ1n) is 5.85. The first-order chi connectivity index (χ1) is 9.66. The summed E-state index contributed by atoms with van der Waals surface area (Å²) >= 11 is 0. The van der Waals surface area contributed by atoms with Crippen LogP contribution in [0.15, 0.2) is 23.1 Å². The molecule has 0 radical (unpaired) electrons. The van der Waals surface area contributed by atoms with Gasteiger partial charge in [-0.1, -0.05) is 0 Å². The third kappa shape index (κ3) is 4.43. The van der Waals surface area contributed by atoms with Gasteiger partial charge in [-0.25, -0.2) is 18.4 Å². The van der Waals surface area contributed by atoms with Gasteiger partial charge in [0, 0.05) is 13.6 Å². The molecule has 0 atom stereocenters. The van der Waals surface area contributed by atoms with E-state index in [0.717, 1.165) is 13.2 Å². The predicted octanol–water partition coefficient (Wildman–Crippen LogP) is 0.0315. The lowest BCUT2D eigenvalue weighted by atomic mass is 10.1. The summed E-state index contributed by atoms with van der Waals surface area (Å²) in [6.45, 7) is 0.147. The summed E-state index contributed by atoms with van der Waals surface area (Å²) in [4.78, 5) is 23.6. The number of primary sulfonamides is 1. The first kappa shape index (κ1) is 16.9. The van der Waals surface area contributed by atoms with Crippen molar-refractivity contribution in [1.29, 1.82) is 0 Å². The van der Waals surface area contributed by atoms with Crippen LogP contribution in [0.25, 0.3) is 0 Å². The van der Waals surface area contributed by atoms with Crippen LogP contribution < -0.4 is 10.0 Å². The van der Waals surface area contributed by atoms with Crippen LogP contribution >= 0.6 is 0 Å². The largest absolute Gasteiger partial charge is 0.481 e. The number of carbonyl (C=O) groups excluding carboxylic acids is 1. The molecule has 0 amide bonds. The number of benzene rings is 1. The molecule has 1 aromatic carbocycles. The van der Waals surface area contributed by atoms with Gasteiger partial charge in [0.05, 0.1) is 29.7 Å². The average Bonchev–Trinajstić information content (AvgIpc) is 2.42. The van der Waals surface area contributed by atoms with Crippen LogP contribution in [0.4, 0.5) is 5.69 Å². The summed E-state index contributed by atoms with van der Waals surface area (Å²) < 4.78 is 27.3. The van der Waals surface area contributed by atoms with E-state index in [1.807, 2.05) is 0 Å². The van der Waals surface area contributed by atoms with E-state index in [0.29, 0.717) is 5.69 Å². The van der Waals surface area contributed by atoms with Gasteiger partial charge in [0.25, 0.3) is 0 Å². The normalized spacial score (nSPS) is 11.0. The Labute approximate surface area is 122 Å². The van der Waals surface area contributed by atoms with Crippen molar-refractivity contribution >= 4 is 27.6 Å². The van der Waals surface area contributed by atoms with Crippen LogP contribution in [0.1, 0.15) is 16.8 Å². The quantitative estimate of drug-likeness (QED) is 0.709. The number of hydrogen-bond acceptors (Lipinski definition) is 6. The van der Waals surface area contributed by atoms with Gasteiger partial charge in [-0.2, -0.15) is 0 Å². The van der Waals surface area contributed by atoms with Gasteiger partial charge in [-0.05, 0) is 18.2 Å². The Morgan fingerprint density at radius 1 is 1.38 bits per heavy atom. The van der Waals surface area contributed by atoms with Gasteiger partial charge in [-0.15, -0.1) is 0 Å². The molecule has 9 heteroatoms. The molecule has 1 rings (SSSR count). The van der Waals surface area contributed by atoms with E-state index < -0.39 is 22.0 Å². The van der Waals surface area contributed by atoms with Crippen molar-refractivity contribution in [2.75, 3.05) is 25.6 Å². The number of sulfonamides is 1. The first-order valence-corrected chi connectivity index (χ1v) is 7.39. The SMILES string of the molecule is COC(=O)c1cc(S(N)(=O)=O)ccc1N(C)CCC(=O)O. The molecule has 21 heavy (non-hydrogen) atoms. The fraction of sp³-hybridized carbons (Fsp3) is 0.333. The summed E-state index contributed by atoms with van der Waals surface area (Å²) in [7, 11) is -1.21. The lowest BCUT2D eigenvalue weighted by Crippen LogP contribution is -2.24. The molecule has 8 nitrogen and oxygen atoms in total. The van der Waals surface area contributed by atoms with Crippen molar-refractivity contribution in [3.63, 3.8) is 0 Å². The van der Waals surface area contributed by atoms with Gasteiger partial charge in [-0.3, -0.25) is 4.79 Å². The number of esters is 1. The highest BCUT2D eigenvalue weighted by atomic mass is 32.2. The van der Waals surface area contributed by atoms with Crippen molar-refractivity contribution in [2.24, 2.45) is 5.14 Å². The Morgan fingerprint density at radius 3 is 2.48 bits per heavy atom. The standard InChI is InChI=1S/C12H16N2O6S/c1-14(6-5-11(15)16)10-4-3-8(21(13,18)19)7-9(10)12(17)20-2/h3-4,7H,5-6H2,1-2H3,(H,15,16)(H2,13,18,19). The molecule has 0 spiro atoms. The Bertz CT molecular complexity index is 656. The van der Waals surface area contributed by atoms with Crippen molar-refractivity contribution in [2.45, 2.75) is 11.3 Å². The lowest BCUT2D eigenvalue weighted by molar-refractivity contribution is -0.136. The van der Waals surface area contributed by atoms with E-state index in [1.165, 1.54) is 17.0 Å². The molecule has 0 aliphatic heterocycles. The highest BCUT2D eigenvalue weighted by Crippen LogP contribution is 2.24. The van der Waals surface area contributed by atoms with Crippen LogP contribution in [0.2, 0.25) is 0 Å². The summed E-state index contributed by atoms with van der Waals surface area (Å²) in [5.74, 6) is -1.72. The monoisotopic (exact) mass is 316 g/mol. The topological polar surface area (TPSA) is 127 Å². The minimum atomic E-state index is -3.96. The number of carboxylic acids is 1. The van der Waals surface area contributed by atoms with E-state index in [-0.39, 0.29) is 23.4 Å². The predicted molar refractivity (Wildman–Crippen MR) is 74.7 cm³/mol. The van der Waals surface area contributed by atoms with Crippen LogP contribution in [-0.2, 0) is 19.6 Å². The molecule has 0 fully saturated rings. The number of ether oxygens (including phenoxy) is 1. The molecule has 0 bridgehead atoms. The molecule has 0 aliphatic rings. The number of nitrogens with zero attached hydrogens (tertiary/aromatic N) is 1. The van der Waals surface area contributed by atoms with E-state index >= 15 is 0 Å². The molecule has 0 aromatic heterocycles. The second-order valence-corrected chi connectivity index (χ2v) is 5.84. The zero-order valence-electron chi connectivity index (χ0n) is 11.6. The number of methoxy groups -OCH3 is 1. The van der Waals surface area contributed by atoms with E-state index in [9.17, 15) is 18.0 Å². The zero-order valence-corrected chi connectivity index (χ0v) is 12.4. The van der Waals surface area contributed by atoms with Crippen LogP contribution in [0.3, 0.4) is 0 Å². The highest BCUT2D eigenvalue weighted by molar-refractivity contribution is 7.89.